The average Bonchev–Trinajstić information content (AvgIpc) is 2.30. The number of nitriles is 1. The quantitative estimate of drug-likeness (QED) is 0.768. The number of likely N-dealkylation sites (N-methyl/N-ethyl adjacent to an activating group) is 1. The Kier molecular flexibility index (Phi) is 5.15. The van der Waals surface area contributed by atoms with Crippen molar-refractivity contribution in [3.63, 3.8) is 0 Å². The summed E-state index contributed by atoms with van der Waals surface area (Å²) in [6, 6.07) is 7.54. The number of anilines is 2. The monoisotopic (exact) mass is 246 g/mol. The van der Waals surface area contributed by atoms with Crippen molar-refractivity contribution in [2.45, 2.75) is 13.3 Å². The molecule has 0 radical (unpaired) electrons. The van der Waals surface area contributed by atoms with E-state index >= 15 is 0 Å². The number of nitrogen functional groups attached to an aromatic ring is 1. The number of nitrogens with two attached hydrogens (primary N) is 1. The van der Waals surface area contributed by atoms with Crippen molar-refractivity contribution in [2.75, 3.05) is 31.2 Å². The van der Waals surface area contributed by atoms with E-state index < -0.39 is 0 Å². The highest BCUT2D eigenvalue weighted by Crippen LogP contribution is 2.19. The number of hydrogen-bond donors (Lipinski definition) is 2. The van der Waals surface area contributed by atoms with Crippen LogP contribution >= 0.6 is 0 Å². The molecule has 96 valence electrons. The van der Waals surface area contributed by atoms with Crippen LogP contribution in [0.2, 0.25) is 0 Å². The molecule has 0 saturated carbocycles. The Morgan fingerprint density at radius 3 is 2.89 bits per heavy atom. The van der Waals surface area contributed by atoms with Gasteiger partial charge in [-0.3, -0.25) is 9.69 Å². The summed E-state index contributed by atoms with van der Waals surface area (Å²) in [7, 11) is 1.80. The van der Waals surface area contributed by atoms with Crippen LogP contribution in [0.5, 0.6) is 0 Å². The Morgan fingerprint density at radius 1 is 1.56 bits per heavy atom. The van der Waals surface area contributed by atoms with E-state index in [1.807, 2.05) is 25.1 Å². The summed E-state index contributed by atoms with van der Waals surface area (Å²) in [5.74, 6) is -0.133. The second-order valence-electron chi connectivity index (χ2n) is 4.28. The fourth-order valence-electron chi connectivity index (χ4n) is 1.55. The van der Waals surface area contributed by atoms with Gasteiger partial charge in [-0.25, -0.2) is 0 Å². The number of rotatable bonds is 5. The van der Waals surface area contributed by atoms with Gasteiger partial charge in [-0.05, 0) is 31.7 Å². The van der Waals surface area contributed by atoms with Crippen molar-refractivity contribution in [3.8, 4) is 6.07 Å². The Balaban J connectivity index is 2.52. The Labute approximate surface area is 107 Å². The minimum atomic E-state index is -0.133. The number of nitrogens with zero attached hydrogens (tertiary/aromatic N) is 2. The molecule has 0 aliphatic carbocycles. The lowest BCUT2D eigenvalue weighted by atomic mass is 10.2. The molecule has 1 aromatic carbocycles. The molecule has 0 fully saturated rings. The molecule has 0 unspecified atom stereocenters. The third-order valence-electron chi connectivity index (χ3n) is 2.50. The minimum absolute atomic E-state index is 0.133. The molecule has 1 rings (SSSR count). The second-order valence-corrected chi connectivity index (χ2v) is 4.28. The molecule has 0 spiro atoms. The summed E-state index contributed by atoms with van der Waals surface area (Å²) in [6.07, 6.45) is 0.413. The lowest BCUT2D eigenvalue weighted by Gasteiger charge is -2.15. The highest BCUT2D eigenvalue weighted by Gasteiger charge is 2.08. The van der Waals surface area contributed by atoms with Gasteiger partial charge in [0.15, 0.2) is 0 Å². The molecular formula is C13H18N4O. The third kappa shape index (κ3) is 4.44. The molecule has 1 aromatic rings. The standard InChI is InChI=1S/C13H18N4O/c1-10-4-5-12(11(15)8-10)16-13(18)9-17(2)7-3-6-14/h4-5,8H,3,7,9,15H2,1-2H3,(H,16,18). The highest BCUT2D eigenvalue weighted by molar-refractivity contribution is 5.95. The van der Waals surface area contributed by atoms with E-state index in [1.165, 1.54) is 0 Å². The first-order valence-electron chi connectivity index (χ1n) is 5.74. The summed E-state index contributed by atoms with van der Waals surface area (Å²) < 4.78 is 0. The SMILES string of the molecule is Cc1ccc(NC(=O)CN(C)CCC#N)c(N)c1. The molecule has 0 bridgehead atoms. The Morgan fingerprint density at radius 2 is 2.28 bits per heavy atom. The zero-order chi connectivity index (χ0) is 13.5. The summed E-state index contributed by atoms with van der Waals surface area (Å²) >= 11 is 0. The van der Waals surface area contributed by atoms with Gasteiger partial charge in [0.25, 0.3) is 0 Å². The topological polar surface area (TPSA) is 82.2 Å². The predicted molar refractivity (Wildman–Crippen MR) is 71.9 cm³/mol. The molecule has 3 N–H and O–H groups in total. The molecule has 5 nitrogen and oxygen atoms in total. The van der Waals surface area contributed by atoms with Crippen LogP contribution < -0.4 is 11.1 Å². The van der Waals surface area contributed by atoms with Crippen LogP contribution in [-0.2, 0) is 4.79 Å². The predicted octanol–water partition coefficient (Wildman–Crippen LogP) is 1.36. The highest BCUT2D eigenvalue weighted by atomic mass is 16.2. The van der Waals surface area contributed by atoms with Crippen LogP contribution in [-0.4, -0.2) is 30.9 Å². The van der Waals surface area contributed by atoms with Crippen molar-refractivity contribution in [2.24, 2.45) is 0 Å². The van der Waals surface area contributed by atoms with E-state index in [1.54, 1.807) is 18.0 Å². The van der Waals surface area contributed by atoms with Gasteiger partial charge in [-0.2, -0.15) is 5.26 Å². The molecule has 0 heterocycles. The number of benzene rings is 1. The van der Waals surface area contributed by atoms with Gasteiger partial charge in [0.05, 0.1) is 24.0 Å². The van der Waals surface area contributed by atoms with E-state index in [2.05, 4.69) is 5.32 Å². The minimum Gasteiger partial charge on any atom is -0.397 e. The maximum absolute atomic E-state index is 11.7. The number of nitrogens with one attached hydrogen (secondary N) is 1. The molecule has 0 aromatic heterocycles. The van der Waals surface area contributed by atoms with E-state index in [0.29, 0.717) is 24.3 Å². The average molecular weight is 246 g/mol. The van der Waals surface area contributed by atoms with Crippen LogP contribution in [0.1, 0.15) is 12.0 Å². The molecular weight excluding hydrogens is 228 g/mol. The Bertz CT molecular complexity index is 465. The summed E-state index contributed by atoms with van der Waals surface area (Å²) in [5.41, 5.74) is 8.04. The van der Waals surface area contributed by atoms with Gasteiger partial charge in [0.1, 0.15) is 0 Å². The first-order valence-corrected chi connectivity index (χ1v) is 5.74. The van der Waals surface area contributed by atoms with Gasteiger partial charge in [-0.1, -0.05) is 6.07 Å². The summed E-state index contributed by atoms with van der Waals surface area (Å²) in [6.45, 7) is 2.76. The molecule has 0 aliphatic rings. The summed E-state index contributed by atoms with van der Waals surface area (Å²) in [4.78, 5) is 13.5. The van der Waals surface area contributed by atoms with E-state index in [4.69, 9.17) is 11.0 Å². The molecule has 0 atom stereocenters. The number of carbonyl (C=O) groups is 1. The molecule has 18 heavy (non-hydrogen) atoms. The van der Waals surface area contributed by atoms with Gasteiger partial charge in [0, 0.05) is 13.0 Å². The number of hydrogen-bond acceptors (Lipinski definition) is 4. The van der Waals surface area contributed by atoms with Crippen molar-refractivity contribution in [1.29, 1.82) is 5.26 Å². The lowest BCUT2D eigenvalue weighted by Crippen LogP contribution is -2.31. The van der Waals surface area contributed by atoms with Crippen molar-refractivity contribution >= 4 is 17.3 Å². The van der Waals surface area contributed by atoms with E-state index in [9.17, 15) is 4.79 Å². The van der Waals surface area contributed by atoms with Crippen LogP contribution in [0.4, 0.5) is 11.4 Å². The Hall–Kier alpha value is -2.06. The fraction of sp³-hybridized carbons (Fsp3) is 0.385. The van der Waals surface area contributed by atoms with E-state index in [0.717, 1.165) is 5.56 Å². The first-order chi connectivity index (χ1) is 8.52. The van der Waals surface area contributed by atoms with Crippen LogP contribution in [0, 0.1) is 18.3 Å². The molecule has 0 saturated heterocycles. The number of carbonyl (C=O) groups excluding carboxylic acids is 1. The van der Waals surface area contributed by atoms with Gasteiger partial charge < -0.3 is 11.1 Å². The second kappa shape index (κ2) is 6.62. The van der Waals surface area contributed by atoms with Crippen molar-refractivity contribution in [1.82, 2.24) is 4.90 Å². The number of aryl methyl sites for hydroxylation is 1. The maximum atomic E-state index is 11.7. The summed E-state index contributed by atoms with van der Waals surface area (Å²) in [5, 5.41) is 11.2. The number of amides is 1. The molecule has 0 aliphatic heterocycles. The lowest BCUT2D eigenvalue weighted by molar-refractivity contribution is -0.117. The first kappa shape index (κ1) is 14.0. The third-order valence-corrected chi connectivity index (χ3v) is 2.50. The molecule has 1 amide bonds. The van der Waals surface area contributed by atoms with Crippen LogP contribution in [0.25, 0.3) is 0 Å². The van der Waals surface area contributed by atoms with Gasteiger partial charge in [0.2, 0.25) is 5.91 Å². The van der Waals surface area contributed by atoms with E-state index in [-0.39, 0.29) is 12.5 Å². The van der Waals surface area contributed by atoms with Gasteiger partial charge >= 0.3 is 0 Å². The smallest absolute Gasteiger partial charge is 0.238 e. The maximum Gasteiger partial charge on any atom is 0.238 e. The molecule has 5 heteroatoms. The fourth-order valence-corrected chi connectivity index (χ4v) is 1.55. The van der Waals surface area contributed by atoms with Crippen molar-refractivity contribution in [3.05, 3.63) is 23.8 Å². The van der Waals surface area contributed by atoms with Crippen LogP contribution in [0.15, 0.2) is 18.2 Å². The van der Waals surface area contributed by atoms with Crippen molar-refractivity contribution < 1.29 is 4.79 Å². The zero-order valence-electron chi connectivity index (χ0n) is 10.7. The van der Waals surface area contributed by atoms with Gasteiger partial charge in [-0.15, -0.1) is 0 Å². The largest absolute Gasteiger partial charge is 0.397 e. The zero-order valence-corrected chi connectivity index (χ0v) is 10.7. The van der Waals surface area contributed by atoms with Crippen LogP contribution in [0.3, 0.4) is 0 Å². The normalized spacial score (nSPS) is 10.1.